The van der Waals surface area contributed by atoms with E-state index in [4.69, 9.17) is 19.3 Å². The Morgan fingerprint density at radius 3 is 2.26 bits per heavy atom. The summed E-state index contributed by atoms with van der Waals surface area (Å²) in [6.07, 6.45) is 3.55. The fraction of sp³-hybridized carbons (Fsp3) is 0.0741. The SMILES string of the molecule is COc1ccc(-c2nn(-c3ccccc3)cc2/C=C2\N=C(c3ccccc3)OC2=O)cc1OC. The van der Waals surface area contributed by atoms with Crippen LogP contribution in [0, 0.1) is 0 Å². The number of carbonyl (C=O) groups excluding carboxylic acids is 1. The summed E-state index contributed by atoms with van der Waals surface area (Å²) >= 11 is 0. The van der Waals surface area contributed by atoms with Gasteiger partial charge in [0.25, 0.3) is 0 Å². The first-order chi connectivity index (χ1) is 16.7. The van der Waals surface area contributed by atoms with Gasteiger partial charge in [-0.1, -0.05) is 36.4 Å². The summed E-state index contributed by atoms with van der Waals surface area (Å²) in [6, 6.07) is 24.6. The number of esters is 1. The van der Waals surface area contributed by atoms with Crippen LogP contribution in [0.3, 0.4) is 0 Å². The summed E-state index contributed by atoms with van der Waals surface area (Å²) in [7, 11) is 3.17. The van der Waals surface area contributed by atoms with Crippen molar-refractivity contribution in [3.8, 4) is 28.4 Å². The van der Waals surface area contributed by atoms with E-state index in [1.54, 1.807) is 25.0 Å². The lowest BCUT2D eigenvalue weighted by atomic mass is 10.1. The number of aromatic nitrogens is 2. The number of hydrogen-bond acceptors (Lipinski definition) is 6. The van der Waals surface area contributed by atoms with Gasteiger partial charge in [-0.05, 0) is 48.5 Å². The molecule has 3 aromatic carbocycles. The molecule has 0 aliphatic carbocycles. The van der Waals surface area contributed by atoms with Crippen molar-refractivity contribution >= 4 is 17.9 Å². The third kappa shape index (κ3) is 4.06. The molecule has 1 aliphatic heterocycles. The van der Waals surface area contributed by atoms with Crippen molar-refractivity contribution in [1.29, 1.82) is 0 Å². The Kier molecular flexibility index (Phi) is 5.66. The van der Waals surface area contributed by atoms with Gasteiger partial charge < -0.3 is 14.2 Å². The van der Waals surface area contributed by atoms with E-state index in [0.29, 0.717) is 22.8 Å². The fourth-order valence-electron chi connectivity index (χ4n) is 3.67. The molecule has 0 fully saturated rings. The molecule has 0 N–H and O–H groups in total. The van der Waals surface area contributed by atoms with E-state index in [1.165, 1.54) is 0 Å². The number of aliphatic imine (C=N–C) groups is 1. The van der Waals surface area contributed by atoms with Gasteiger partial charge in [0.05, 0.1) is 19.9 Å². The molecule has 34 heavy (non-hydrogen) atoms. The summed E-state index contributed by atoms with van der Waals surface area (Å²) in [5, 5.41) is 4.80. The molecule has 168 valence electrons. The van der Waals surface area contributed by atoms with E-state index in [1.807, 2.05) is 85.1 Å². The number of nitrogens with zero attached hydrogens (tertiary/aromatic N) is 3. The molecular weight excluding hydrogens is 430 g/mol. The minimum Gasteiger partial charge on any atom is -0.493 e. The van der Waals surface area contributed by atoms with Crippen molar-refractivity contribution in [2.75, 3.05) is 14.2 Å². The van der Waals surface area contributed by atoms with Gasteiger partial charge in [0, 0.05) is 22.9 Å². The van der Waals surface area contributed by atoms with Gasteiger partial charge in [-0.3, -0.25) is 0 Å². The van der Waals surface area contributed by atoms with Crippen LogP contribution in [-0.2, 0) is 9.53 Å². The van der Waals surface area contributed by atoms with Crippen LogP contribution >= 0.6 is 0 Å². The molecule has 0 amide bonds. The van der Waals surface area contributed by atoms with Crippen LogP contribution in [0.15, 0.2) is 95.7 Å². The quantitative estimate of drug-likeness (QED) is 0.308. The monoisotopic (exact) mass is 451 g/mol. The second-order valence-corrected chi connectivity index (χ2v) is 7.49. The topological polar surface area (TPSA) is 74.9 Å². The molecule has 5 rings (SSSR count). The number of ether oxygens (including phenoxy) is 3. The van der Waals surface area contributed by atoms with Crippen LogP contribution in [0.25, 0.3) is 23.0 Å². The summed E-state index contributed by atoms with van der Waals surface area (Å²) in [4.78, 5) is 17.0. The van der Waals surface area contributed by atoms with E-state index >= 15 is 0 Å². The Morgan fingerprint density at radius 2 is 1.56 bits per heavy atom. The number of hydrogen-bond donors (Lipinski definition) is 0. The van der Waals surface area contributed by atoms with Gasteiger partial charge in [0.1, 0.15) is 5.69 Å². The van der Waals surface area contributed by atoms with Crippen molar-refractivity contribution in [3.63, 3.8) is 0 Å². The van der Waals surface area contributed by atoms with Crippen molar-refractivity contribution < 1.29 is 19.0 Å². The highest BCUT2D eigenvalue weighted by Crippen LogP contribution is 2.34. The predicted octanol–water partition coefficient (Wildman–Crippen LogP) is 4.90. The first-order valence-corrected chi connectivity index (χ1v) is 10.6. The van der Waals surface area contributed by atoms with E-state index in [9.17, 15) is 4.79 Å². The predicted molar refractivity (Wildman–Crippen MR) is 129 cm³/mol. The molecule has 1 aromatic heterocycles. The fourth-order valence-corrected chi connectivity index (χ4v) is 3.67. The van der Waals surface area contributed by atoms with Crippen molar-refractivity contribution in [1.82, 2.24) is 9.78 Å². The number of rotatable bonds is 6. The summed E-state index contributed by atoms with van der Waals surface area (Å²) in [5.41, 5.74) is 4.00. The zero-order valence-electron chi connectivity index (χ0n) is 18.6. The molecule has 4 aromatic rings. The molecule has 7 nitrogen and oxygen atoms in total. The second-order valence-electron chi connectivity index (χ2n) is 7.49. The van der Waals surface area contributed by atoms with Gasteiger partial charge >= 0.3 is 5.97 Å². The van der Waals surface area contributed by atoms with Crippen molar-refractivity contribution in [2.45, 2.75) is 0 Å². The Bertz CT molecular complexity index is 1410. The van der Waals surface area contributed by atoms with Crippen LogP contribution in [0.1, 0.15) is 11.1 Å². The summed E-state index contributed by atoms with van der Waals surface area (Å²) in [6.45, 7) is 0. The first-order valence-electron chi connectivity index (χ1n) is 10.6. The lowest BCUT2D eigenvalue weighted by Gasteiger charge is -2.09. The highest BCUT2D eigenvalue weighted by atomic mass is 16.6. The first kappa shape index (κ1) is 21.2. The lowest BCUT2D eigenvalue weighted by Crippen LogP contribution is -2.04. The molecule has 0 spiro atoms. The number of cyclic esters (lactones) is 1. The molecule has 0 saturated heterocycles. The normalized spacial score (nSPS) is 14.1. The minimum atomic E-state index is -0.510. The minimum absolute atomic E-state index is 0.202. The maximum absolute atomic E-state index is 12.6. The standard InChI is InChI=1S/C27H21N3O4/c1-32-23-14-13-19(16-24(23)33-2)25-20(17-30(29-25)21-11-7-4-8-12-21)15-22-27(31)34-26(28-22)18-9-5-3-6-10-18/h3-17H,1-2H3/b22-15-. The van der Waals surface area contributed by atoms with Crippen LogP contribution in [0.2, 0.25) is 0 Å². The van der Waals surface area contributed by atoms with Crippen molar-refractivity contribution in [3.05, 3.63) is 102 Å². The molecule has 0 radical (unpaired) electrons. The molecular formula is C27H21N3O4. The maximum atomic E-state index is 12.6. The Hall–Kier alpha value is -4.65. The highest BCUT2D eigenvalue weighted by Gasteiger charge is 2.25. The van der Waals surface area contributed by atoms with Gasteiger partial charge in [-0.25, -0.2) is 14.5 Å². The van der Waals surface area contributed by atoms with E-state index < -0.39 is 5.97 Å². The molecule has 0 unspecified atom stereocenters. The third-order valence-corrected chi connectivity index (χ3v) is 5.35. The van der Waals surface area contributed by atoms with E-state index in [-0.39, 0.29) is 11.6 Å². The van der Waals surface area contributed by atoms with Crippen LogP contribution < -0.4 is 9.47 Å². The summed E-state index contributed by atoms with van der Waals surface area (Å²) < 4.78 is 18.0. The average Bonchev–Trinajstić information content (AvgIpc) is 3.48. The number of para-hydroxylation sites is 1. The molecule has 1 aliphatic rings. The molecule has 0 bridgehead atoms. The molecule has 0 saturated carbocycles. The number of benzene rings is 3. The molecule has 0 atom stereocenters. The van der Waals surface area contributed by atoms with Crippen LogP contribution in [-0.4, -0.2) is 35.9 Å². The van der Waals surface area contributed by atoms with Gasteiger partial charge in [-0.2, -0.15) is 5.10 Å². The van der Waals surface area contributed by atoms with Gasteiger partial charge in [0.2, 0.25) is 5.90 Å². The van der Waals surface area contributed by atoms with Crippen molar-refractivity contribution in [2.24, 2.45) is 4.99 Å². The smallest absolute Gasteiger partial charge is 0.363 e. The van der Waals surface area contributed by atoms with E-state index in [2.05, 4.69) is 4.99 Å². The average molecular weight is 451 g/mol. The Balaban J connectivity index is 1.62. The zero-order valence-corrected chi connectivity index (χ0v) is 18.6. The third-order valence-electron chi connectivity index (χ3n) is 5.35. The number of methoxy groups -OCH3 is 2. The van der Waals surface area contributed by atoms with E-state index in [0.717, 1.165) is 16.8 Å². The molecule has 2 heterocycles. The summed E-state index contributed by atoms with van der Waals surface area (Å²) in [5.74, 6) is 0.965. The Morgan fingerprint density at radius 1 is 0.853 bits per heavy atom. The highest BCUT2D eigenvalue weighted by molar-refractivity contribution is 6.13. The van der Waals surface area contributed by atoms with Crippen LogP contribution in [0.5, 0.6) is 11.5 Å². The second kappa shape index (κ2) is 9.07. The van der Waals surface area contributed by atoms with Gasteiger partial charge in [-0.15, -0.1) is 0 Å². The largest absolute Gasteiger partial charge is 0.493 e. The van der Waals surface area contributed by atoms with Gasteiger partial charge in [0.15, 0.2) is 17.2 Å². The maximum Gasteiger partial charge on any atom is 0.363 e. The Labute approximate surface area is 196 Å². The lowest BCUT2D eigenvalue weighted by molar-refractivity contribution is -0.129. The van der Waals surface area contributed by atoms with Crippen LogP contribution in [0.4, 0.5) is 0 Å². The number of carbonyl (C=O) groups is 1. The zero-order chi connectivity index (χ0) is 23.5. The molecule has 7 heteroatoms.